The summed E-state index contributed by atoms with van der Waals surface area (Å²) in [7, 11) is 1.29. The lowest BCUT2D eigenvalue weighted by Crippen LogP contribution is -2.21. The van der Waals surface area contributed by atoms with Crippen LogP contribution in [0.4, 0.5) is 13.2 Å². The minimum atomic E-state index is -4.43. The van der Waals surface area contributed by atoms with Gasteiger partial charge in [0, 0.05) is 43.9 Å². The van der Waals surface area contributed by atoms with Crippen molar-refractivity contribution >= 4 is 0 Å². The van der Waals surface area contributed by atoms with E-state index in [4.69, 9.17) is 0 Å². The molecular weight excluding hydrogens is 357 g/mol. The molecule has 4 rings (SSSR count). The van der Waals surface area contributed by atoms with E-state index >= 15 is 0 Å². The highest BCUT2D eigenvalue weighted by atomic mass is 19.4. The molecule has 8 heteroatoms. The van der Waals surface area contributed by atoms with Crippen LogP contribution in [0.25, 0.3) is 22.5 Å². The number of aromatic nitrogens is 4. The monoisotopic (exact) mass is 376 g/mol. The zero-order chi connectivity index (χ0) is 19.2. The van der Waals surface area contributed by atoms with Gasteiger partial charge in [0.15, 0.2) is 0 Å². The number of fused-ring (bicyclic) bond motifs is 1. The number of halogens is 3. The van der Waals surface area contributed by atoms with Gasteiger partial charge < -0.3 is 9.67 Å². The fraction of sp³-hybridized carbons (Fsp3) is 0.368. The number of imidazole rings is 1. The molecule has 1 atom stereocenters. The van der Waals surface area contributed by atoms with Gasteiger partial charge in [-0.3, -0.25) is 4.68 Å². The van der Waals surface area contributed by atoms with Crippen molar-refractivity contribution in [2.75, 3.05) is 6.61 Å². The zero-order valence-corrected chi connectivity index (χ0v) is 14.7. The highest BCUT2D eigenvalue weighted by Gasteiger charge is 2.35. The molecule has 3 heterocycles. The Labute approximate surface area is 154 Å². The van der Waals surface area contributed by atoms with Gasteiger partial charge in [0.25, 0.3) is 0 Å². The van der Waals surface area contributed by atoms with E-state index in [1.807, 2.05) is 18.3 Å². The van der Waals surface area contributed by atoms with Crippen LogP contribution in [-0.4, -0.2) is 31.0 Å². The summed E-state index contributed by atoms with van der Waals surface area (Å²) in [6.45, 7) is 1.00. The fourth-order valence-electron chi connectivity index (χ4n) is 3.47. The number of alkyl halides is 3. The third kappa shape index (κ3) is 3.37. The summed E-state index contributed by atoms with van der Waals surface area (Å²) in [6, 6.07) is 8.25. The molecule has 0 fully saturated rings. The lowest BCUT2D eigenvalue weighted by Gasteiger charge is -2.20. The Morgan fingerprint density at radius 2 is 1.81 bits per heavy atom. The SMILES string of the molecule is Cn1nc(-c2ccc(-c3cn4c(n3)CC(CO)CC4)cc2)cc1C(F)(F)F. The first-order chi connectivity index (χ1) is 12.8. The molecule has 0 aliphatic carbocycles. The second-order valence-corrected chi connectivity index (χ2v) is 6.89. The maximum Gasteiger partial charge on any atom is 0.433 e. The topological polar surface area (TPSA) is 55.9 Å². The third-order valence-electron chi connectivity index (χ3n) is 5.01. The molecule has 0 radical (unpaired) electrons. The summed E-state index contributed by atoms with van der Waals surface area (Å²) >= 11 is 0. The van der Waals surface area contributed by atoms with Crippen molar-refractivity contribution in [3.63, 3.8) is 0 Å². The number of benzene rings is 1. The number of hydrogen-bond acceptors (Lipinski definition) is 3. The van der Waals surface area contributed by atoms with Gasteiger partial charge >= 0.3 is 6.18 Å². The average Bonchev–Trinajstić information content (AvgIpc) is 3.24. The van der Waals surface area contributed by atoms with Gasteiger partial charge in [0.05, 0.1) is 11.4 Å². The summed E-state index contributed by atoms with van der Waals surface area (Å²) in [5.74, 6) is 1.21. The largest absolute Gasteiger partial charge is 0.433 e. The van der Waals surface area contributed by atoms with E-state index in [0.717, 1.165) is 47.2 Å². The minimum absolute atomic E-state index is 0.168. The predicted octanol–water partition coefficient (Wildman–Crippen LogP) is 3.52. The Balaban J connectivity index is 1.59. The van der Waals surface area contributed by atoms with E-state index in [2.05, 4.69) is 14.6 Å². The Kier molecular flexibility index (Phi) is 4.30. The molecule has 5 nitrogen and oxygen atoms in total. The molecule has 2 aromatic heterocycles. The first kappa shape index (κ1) is 17.8. The van der Waals surface area contributed by atoms with E-state index in [-0.39, 0.29) is 18.2 Å². The molecule has 0 saturated heterocycles. The number of hydrogen-bond donors (Lipinski definition) is 1. The van der Waals surface area contributed by atoms with Crippen LogP contribution in [0, 0.1) is 5.92 Å². The lowest BCUT2D eigenvalue weighted by molar-refractivity contribution is -0.143. The van der Waals surface area contributed by atoms with Crippen LogP contribution in [0.3, 0.4) is 0 Å². The quantitative estimate of drug-likeness (QED) is 0.761. The maximum absolute atomic E-state index is 12.9. The van der Waals surface area contributed by atoms with Crippen LogP contribution < -0.4 is 0 Å². The van der Waals surface area contributed by atoms with Crippen LogP contribution in [0.1, 0.15) is 17.9 Å². The summed E-state index contributed by atoms with van der Waals surface area (Å²) in [6.07, 6.45) is -0.759. The smallest absolute Gasteiger partial charge is 0.396 e. The normalized spacial score (nSPS) is 17.1. The Morgan fingerprint density at radius 1 is 1.15 bits per heavy atom. The van der Waals surface area contributed by atoms with Crippen molar-refractivity contribution in [3.05, 3.63) is 48.0 Å². The van der Waals surface area contributed by atoms with Gasteiger partial charge in [-0.25, -0.2) is 4.98 Å². The summed E-state index contributed by atoms with van der Waals surface area (Å²) < 4.78 is 41.8. The molecule has 3 aromatic rings. The van der Waals surface area contributed by atoms with Crippen molar-refractivity contribution in [2.24, 2.45) is 13.0 Å². The van der Waals surface area contributed by atoms with Gasteiger partial charge in [-0.15, -0.1) is 0 Å². The second kappa shape index (κ2) is 6.53. The number of aliphatic hydroxyl groups excluding tert-OH is 1. The third-order valence-corrected chi connectivity index (χ3v) is 5.01. The number of aliphatic hydroxyl groups is 1. The molecule has 1 aromatic carbocycles. The number of aryl methyl sites for hydroxylation is 2. The van der Waals surface area contributed by atoms with E-state index in [0.29, 0.717) is 5.56 Å². The minimum Gasteiger partial charge on any atom is -0.396 e. The Morgan fingerprint density at radius 3 is 2.41 bits per heavy atom. The molecular formula is C19H19F3N4O. The average molecular weight is 376 g/mol. The molecule has 1 aliphatic rings. The van der Waals surface area contributed by atoms with Crippen LogP contribution >= 0.6 is 0 Å². The molecule has 1 aliphatic heterocycles. The highest BCUT2D eigenvalue weighted by molar-refractivity contribution is 5.66. The van der Waals surface area contributed by atoms with E-state index < -0.39 is 11.9 Å². The van der Waals surface area contributed by atoms with Gasteiger partial charge in [0.1, 0.15) is 11.5 Å². The molecule has 0 spiro atoms. The maximum atomic E-state index is 12.9. The highest BCUT2D eigenvalue weighted by Crippen LogP contribution is 2.32. The first-order valence-electron chi connectivity index (χ1n) is 8.74. The molecule has 0 saturated carbocycles. The second-order valence-electron chi connectivity index (χ2n) is 6.89. The summed E-state index contributed by atoms with van der Waals surface area (Å²) in [4.78, 5) is 4.66. The molecule has 1 N–H and O–H groups in total. The van der Waals surface area contributed by atoms with Gasteiger partial charge in [0.2, 0.25) is 0 Å². The van der Waals surface area contributed by atoms with Gasteiger partial charge in [-0.2, -0.15) is 18.3 Å². The summed E-state index contributed by atoms with van der Waals surface area (Å²) in [5.41, 5.74) is 1.85. The molecule has 142 valence electrons. The predicted molar refractivity (Wildman–Crippen MR) is 93.8 cm³/mol. The van der Waals surface area contributed by atoms with E-state index in [1.54, 1.807) is 12.1 Å². The van der Waals surface area contributed by atoms with Crippen LogP contribution in [0.2, 0.25) is 0 Å². The standard InChI is InChI=1S/C19H19F3N4O/c1-25-17(19(20,21)22)9-15(24-25)13-2-4-14(5-3-13)16-10-26-7-6-12(11-27)8-18(26)23-16/h2-5,9-10,12,27H,6-8,11H2,1H3. The molecule has 1 unspecified atom stereocenters. The van der Waals surface area contributed by atoms with Crippen LogP contribution in [-0.2, 0) is 26.2 Å². The lowest BCUT2D eigenvalue weighted by atomic mass is 9.99. The molecule has 0 bridgehead atoms. The molecule has 0 amide bonds. The van der Waals surface area contributed by atoms with E-state index in [1.165, 1.54) is 7.05 Å². The zero-order valence-electron chi connectivity index (χ0n) is 14.7. The first-order valence-corrected chi connectivity index (χ1v) is 8.74. The van der Waals surface area contributed by atoms with E-state index in [9.17, 15) is 18.3 Å². The van der Waals surface area contributed by atoms with Crippen LogP contribution in [0.5, 0.6) is 0 Å². The number of rotatable bonds is 3. The van der Waals surface area contributed by atoms with Gasteiger partial charge in [-0.1, -0.05) is 24.3 Å². The Hall–Kier alpha value is -2.61. The van der Waals surface area contributed by atoms with Crippen LogP contribution in [0.15, 0.2) is 36.5 Å². The van der Waals surface area contributed by atoms with Crippen molar-refractivity contribution in [1.29, 1.82) is 0 Å². The van der Waals surface area contributed by atoms with Crippen molar-refractivity contribution in [1.82, 2.24) is 19.3 Å². The molecule has 27 heavy (non-hydrogen) atoms. The van der Waals surface area contributed by atoms with Crippen molar-refractivity contribution in [2.45, 2.75) is 25.6 Å². The fourth-order valence-corrected chi connectivity index (χ4v) is 3.47. The number of nitrogens with zero attached hydrogens (tertiary/aromatic N) is 4. The van der Waals surface area contributed by atoms with Gasteiger partial charge in [-0.05, 0) is 18.4 Å². The van der Waals surface area contributed by atoms with Crippen molar-refractivity contribution in [3.8, 4) is 22.5 Å². The Bertz CT molecular complexity index is 956. The van der Waals surface area contributed by atoms with Crippen molar-refractivity contribution < 1.29 is 18.3 Å². The summed E-state index contributed by atoms with van der Waals surface area (Å²) in [5, 5.41) is 13.3.